The van der Waals surface area contributed by atoms with Crippen molar-refractivity contribution in [3.05, 3.63) is 10.3 Å². The molecule has 1 unspecified atom stereocenters. The van der Waals surface area contributed by atoms with Gasteiger partial charge in [0.2, 0.25) is 0 Å². The number of ketones is 1. The van der Waals surface area contributed by atoms with Crippen molar-refractivity contribution in [2.75, 3.05) is 0 Å². The summed E-state index contributed by atoms with van der Waals surface area (Å²) in [4.78, 5) is 11.5. The zero-order chi connectivity index (χ0) is 9.42. The van der Waals surface area contributed by atoms with Gasteiger partial charge in [0, 0.05) is 13.5 Å². The molecule has 0 bridgehead atoms. The van der Waals surface area contributed by atoms with E-state index in [2.05, 4.69) is 26.2 Å². The molecule has 1 aromatic heterocycles. The van der Waals surface area contributed by atoms with Crippen molar-refractivity contribution in [2.45, 2.75) is 25.2 Å². The van der Waals surface area contributed by atoms with Crippen molar-refractivity contribution >= 4 is 21.7 Å². The molecule has 1 fully saturated rings. The summed E-state index contributed by atoms with van der Waals surface area (Å²) in [5.74, 6) is 0.320. The summed E-state index contributed by atoms with van der Waals surface area (Å²) < 4.78 is 2.38. The SMILES string of the molecule is Cn1nnc(Br)c1C1CCCC1=O. The van der Waals surface area contributed by atoms with Crippen molar-refractivity contribution in [3.8, 4) is 0 Å². The Balaban J connectivity index is 2.39. The molecular formula is C8H10BrN3O. The van der Waals surface area contributed by atoms with Crippen LogP contribution in [0.4, 0.5) is 0 Å². The number of rotatable bonds is 1. The van der Waals surface area contributed by atoms with Crippen molar-refractivity contribution in [1.82, 2.24) is 15.0 Å². The Morgan fingerprint density at radius 2 is 2.38 bits per heavy atom. The number of nitrogens with zero attached hydrogens (tertiary/aromatic N) is 3. The molecule has 1 heterocycles. The molecule has 0 N–H and O–H groups in total. The second-order valence-electron chi connectivity index (χ2n) is 3.30. The molecule has 0 amide bonds. The molecule has 70 valence electrons. The highest BCUT2D eigenvalue weighted by Crippen LogP contribution is 2.33. The van der Waals surface area contributed by atoms with Crippen LogP contribution >= 0.6 is 15.9 Å². The van der Waals surface area contributed by atoms with E-state index in [-0.39, 0.29) is 5.92 Å². The Morgan fingerprint density at radius 3 is 2.85 bits per heavy atom. The third-order valence-corrected chi connectivity index (χ3v) is 3.03. The van der Waals surface area contributed by atoms with E-state index in [1.807, 2.05) is 7.05 Å². The van der Waals surface area contributed by atoms with E-state index in [1.54, 1.807) is 4.68 Å². The second kappa shape index (κ2) is 3.21. The van der Waals surface area contributed by atoms with Crippen molar-refractivity contribution in [3.63, 3.8) is 0 Å². The van der Waals surface area contributed by atoms with E-state index < -0.39 is 0 Å². The van der Waals surface area contributed by atoms with Crippen LogP contribution in [0.2, 0.25) is 0 Å². The Hall–Kier alpha value is -0.710. The topological polar surface area (TPSA) is 47.8 Å². The molecule has 1 aliphatic carbocycles. The highest BCUT2D eigenvalue weighted by atomic mass is 79.9. The smallest absolute Gasteiger partial charge is 0.152 e. The highest BCUT2D eigenvalue weighted by molar-refractivity contribution is 9.10. The fourth-order valence-corrected chi connectivity index (χ4v) is 2.42. The lowest BCUT2D eigenvalue weighted by atomic mass is 10.0. The predicted molar refractivity (Wildman–Crippen MR) is 50.3 cm³/mol. The average molecular weight is 244 g/mol. The van der Waals surface area contributed by atoms with Gasteiger partial charge in [-0.2, -0.15) is 0 Å². The molecule has 0 aromatic carbocycles. The number of halogens is 1. The van der Waals surface area contributed by atoms with E-state index in [1.165, 1.54) is 0 Å². The third-order valence-electron chi connectivity index (χ3n) is 2.46. The summed E-state index contributed by atoms with van der Waals surface area (Å²) in [6.45, 7) is 0. The molecule has 2 rings (SSSR count). The van der Waals surface area contributed by atoms with Gasteiger partial charge in [-0.25, -0.2) is 0 Å². The molecule has 0 spiro atoms. The first-order chi connectivity index (χ1) is 6.20. The monoisotopic (exact) mass is 243 g/mol. The Labute approximate surface area is 84.4 Å². The van der Waals surface area contributed by atoms with Gasteiger partial charge in [0.25, 0.3) is 0 Å². The number of carbonyl (C=O) groups is 1. The van der Waals surface area contributed by atoms with Crippen LogP contribution < -0.4 is 0 Å². The fraction of sp³-hybridized carbons (Fsp3) is 0.625. The molecule has 0 aliphatic heterocycles. The van der Waals surface area contributed by atoms with Gasteiger partial charge in [-0.05, 0) is 28.8 Å². The molecular weight excluding hydrogens is 234 g/mol. The molecule has 0 saturated heterocycles. The quantitative estimate of drug-likeness (QED) is 0.750. The molecule has 1 aromatic rings. The van der Waals surface area contributed by atoms with E-state index >= 15 is 0 Å². The average Bonchev–Trinajstić information content (AvgIpc) is 2.60. The first-order valence-corrected chi connectivity index (χ1v) is 5.07. The van der Waals surface area contributed by atoms with Crippen LogP contribution in [0.5, 0.6) is 0 Å². The van der Waals surface area contributed by atoms with Crippen LogP contribution in [0.1, 0.15) is 30.9 Å². The van der Waals surface area contributed by atoms with Crippen LogP contribution in [-0.4, -0.2) is 20.8 Å². The Bertz CT molecular complexity index is 328. The van der Waals surface area contributed by atoms with Crippen LogP contribution in [-0.2, 0) is 11.8 Å². The lowest BCUT2D eigenvalue weighted by molar-refractivity contribution is -0.118. The molecule has 5 heteroatoms. The number of aryl methyl sites for hydroxylation is 1. The minimum absolute atomic E-state index is 0.00868. The van der Waals surface area contributed by atoms with Crippen LogP contribution in [0.25, 0.3) is 0 Å². The zero-order valence-electron chi connectivity index (χ0n) is 7.33. The molecule has 13 heavy (non-hydrogen) atoms. The van der Waals surface area contributed by atoms with Gasteiger partial charge in [0.1, 0.15) is 5.78 Å². The predicted octanol–water partition coefficient (Wildman–Crippen LogP) is 1.41. The normalized spacial score (nSPS) is 22.6. The summed E-state index contributed by atoms with van der Waals surface area (Å²) in [6, 6.07) is 0. The molecule has 1 atom stereocenters. The number of carbonyl (C=O) groups excluding carboxylic acids is 1. The number of Topliss-reactive ketones (excluding diaryl/α,β-unsaturated/α-hetero) is 1. The molecule has 0 radical (unpaired) electrons. The van der Waals surface area contributed by atoms with Gasteiger partial charge in [-0.1, -0.05) is 5.21 Å². The van der Waals surface area contributed by atoms with Crippen molar-refractivity contribution < 1.29 is 4.79 Å². The van der Waals surface area contributed by atoms with Crippen LogP contribution in [0.3, 0.4) is 0 Å². The zero-order valence-corrected chi connectivity index (χ0v) is 8.91. The van der Waals surface area contributed by atoms with Gasteiger partial charge >= 0.3 is 0 Å². The van der Waals surface area contributed by atoms with E-state index in [0.29, 0.717) is 16.8 Å². The minimum atomic E-state index is 0.00868. The second-order valence-corrected chi connectivity index (χ2v) is 4.05. The lowest BCUT2D eigenvalue weighted by Crippen LogP contribution is -2.10. The summed E-state index contributed by atoms with van der Waals surface area (Å²) in [5.41, 5.74) is 0.919. The largest absolute Gasteiger partial charge is 0.299 e. The third kappa shape index (κ3) is 1.41. The van der Waals surface area contributed by atoms with Crippen LogP contribution in [0, 0.1) is 0 Å². The van der Waals surface area contributed by atoms with E-state index in [4.69, 9.17) is 0 Å². The Kier molecular flexibility index (Phi) is 2.19. The highest BCUT2D eigenvalue weighted by Gasteiger charge is 2.30. The van der Waals surface area contributed by atoms with Gasteiger partial charge in [-0.15, -0.1) is 5.10 Å². The fourth-order valence-electron chi connectivity index (χ4n) is 1.81. The van der Waals surface area contributed by atoms with Gasteiger partial charge < -0.3 is 0 Å². The van der Waals surface area contributed by atoms with Crippen LogP contribution in [0.15, 0.2) is 4.60 Å². The van der Waals surface area contributed by atoms with Gasteiger partial charge in [0.05, 0.1) is 11.6 Å². The maximum Gasteiger partial charge on any atom is 0.152 e. The number of hydrogen-bond donors (Lipinski definition) is 0. The van der Waals surface area contributed by atoms with E-state index in [9.17, 15) is 4.79 Å². The summed E-state index contributed by atoms with van der Waals surface area (Å²) in [5, 5.41) is 7.74. The Morgan fingerprint density at radius 1 is 1.62 bits per heavy atom. The molecule has 1 aliphatic rings. The lowest BCUT2D eigenvalue weighted by Gasteiger charge is -2.07. The summed E-state index contributed by atoms with van der Waals surface area (Å²) in [6.07, 6.45) is 2.61. The van der Waals surface area contributed by atoms with Gasteiger partial charge in [0.15, 0.2) is 4.60 Å². The maximum atomic E-state index is 11.5. The minimum Gasteiger partial charge on any atom is -0.299 e. The van der Waals surface area contributed by atoms with Gasteiger partial charge in [-0.3, -0.25) is 9.48 Å². The van der Waals surface area contributed by atoms with Crippen molar-refractivity contribution in [1.29, 1.82) is 0 Å². The first kappa shape index (κ1) is 8.87. The number of hydrogen-bond acceptors (Lipinski definition) is 3. The number of aromatic nitrogens is 3. The molecule has 1 saturated carbocycles. The molecule has 4 nitrogen and oxygen atoms in total. The summed E-state index contributed by atoms with van der Waals surface area (Å²) in [7, 11) is 1.82. The maximum absolute atomic E-state index is 11.5. The first-order valence-electron chi connectivity index (χ1n) is 4.28. The van der Waals surface area contributed by atoms with E-state index in [0.717, 1.165) is 18.5 Å². The van der Waals surface area contributed by atoms with Crippen molar-refractivity contribution in [2.24, 2.45) is 7.05 Å². The standard InChI is InChI=1S/C8H10BrN3O/c1-12-7(8(9)10-11-12)5-3-2-4-6(5)13/h5H,2-4H2,1H3. The summed E-state index contributed by atoms with van der Waals surface area (Å²) >= 11 is 3.31.